The lowest BCUT2D eigenvalue weighted by molar-refractivity contribution is 0.0962. The van der Waals surface area contributed by atoms with Gasteiger partial charge in [-0.2, -0.15) is 0 Å². The Morgan fingerprint density at radius 3 is 1.51 bits per heavy atom. The van der Waals surface area contributed by atoms with Crippen LogP contribution in [-0.4, -0.2) is 46.6 Å². The van der Waals surface area contributed by atoms with Crippen LogP contribution in [0.25, 0.3) is 0 Å². The van der Waals surface area contributed by atoms with Crippen molar-refractivity contribution in [3.63, 3.8) is 0 Å². The van der Waals surface area contributed by atoms with E-state index in [4.69, 9.17) is 14.2 Å². The summed E-state index contributed by atoms with van der Waals surface area (Å²) in [6.07, 6.45) is 3.19. The zero-order valence-corrected chi connectivity index (χ0v) is 28.2. The number of Topliss-reactive ketones (excluding diaryl/α,β-unsaturated/α-hetero) is 2. The number of aryl methyl sites for hydroxylation is 4. The average Bonchev–Trinajstić information content (AvgIpc) is 3.02. The Kier molecular flexibility index (Phi) is 13.1. The molecule has 10 heteroatoms. The first-order valence-electron chi connectivity index (χ1n) is 15.5. The summed E-state index contributed by atoms with van der Waals surface area (Å²) in [5, 5.41) is 9.73. The van der Waals surface area contributed by atoms with Crippen molar-refractivity contribution >= 4 is 11.6 Å². The molecule has 2 aromatic carbocycles. The molecule has 0 aliphatic carbocycles. The van der Waals surface area contributed by atoms with Crippen LogP contribution in [-0.2, 0) is 13.1 Å². The molecule has 0 unspecified atom stereocenters. The van der Waals surface area contributed by atoms with E-state index >= 15 is 0 Å². The number of rotatable bonds is 13. The summed E-state index contributed by atoms with van der Waals surface area (Å²) in [6.45, 7) is 10.3. The number of methoxy groups -OCH3 is 2. The van der Waals surface area contributed by atoms with Gasteiger partial charge in [0, 0.05) is 58.2 Å². The van der Waals surface area contributed by atoms with Crippen molar-refractivity contribution < 1.29 is 28.9 Å². The van der Waals surface area contributed by atoms with Crippen molar-refractivity contribution in [2.75, 3.05) is 20.8 Å². The van der Waals surface area contributed by atoms with E-state index in [0.29, 0.717) is 35.0 Å². The number of carbonyl (C=O) groups excluding carboxylic acids is 2. The van der Waals surface area contributed by atoms with Crippen molar-refractivity contribution in [2.24, 2.45) is 0 Å². The topological polar surface area (TPSA) is 126 Å². The highest BCUT2D eigenvalue weighted by molar-refractivity contribution is 5.97. The predicted molar refractivity (Wildman–Crippen MR) is 182 cm³/mol. The fourth-order valence-electron chi connectivity index (χ4n) is 5.10. The molecule has 47 heavy (non-hydrogen) atoms. The second-order valence-electron chi connectivity index (χ2n) is 11.3. The van der Waals surface area contributed by atoms with Crippen LogP contribution in [0.4, 0.5) is 0 Å². The Morgan fingerprint density at radius 1 is 0.638 bits per heavy atom. The number of phenols is 1. The van der Waals surface area contributed by atoms with E-state index in [-0.39, 0.29) is 41.3 Å². The van der Waals surface area contributed by atoms with Gasteiger partial charge in [0.1, 0.15) is 0 Å². The maximum absolute atomic E-state index is 12.7. The Balaban J connectivity index is 0.000000261. The monoisotopic (exact) mass is 644 g/mol. The van der Waals surface area contributed by atoms with Crippen LogP contribution in [0.15, 0.2) is 70.3 Å². The number of benzene rings is 2. The molecule has 2 heterocycles. The van der Waals surface area contributed by atoms with E-state index in [9.17, 15) is 24.3 Å². The van der Waals surface area contributed by atoms with Crippen LogP contribution < -0.4 is 25.1 Å². The van der Waals surface area contributed by atoms with Crippen molar-refractivity contribution in [1.82, 2.24) is 9.13 Å². The van der Waals surface area contributed by atoms with Gasteiger partial charge < -0.3 is 28.5 Å². The fraction of sp³-hybridized carbons (Fsp3) is 0.351. The van der Waals surface area contributed by atoms with Gasteiger partial charge >= 0.3 is 0 Å². The van der Waals surface area contributed by atoms with E-state index in [0.717, 1.165) is 42.0 Å². The number of hydrogen-bond donors (Lipinski definition) is 1. The quantitative estimate of drug-likeness (QED) is 0.139. The van der Waals surface area contributed by atoms with E-state index in [1.54, 1.807) is 55.9 Å². The minimum absolute atomic E-state index is 0.0408. The largest absolute Gasteiger partial charge is 0.504 e. The SMILES string of the molecule is CCCCCOc1cc(C(=O)Cn2c(C)cc(=O)cc2C)ccc1OC.COc1ccc(C(=O)Cn2c(C)cc(=O)cc2C)cc1O. The predicted octanol–water partition coefficient (Wildman–Crippen LogP) is 5.99. The van der Waals surface area contributed by atoms with Gasteiger partial charge in [-0.1, -0.05) is 19.8 Å². The van der Waals surface area contributed by atoms with Crippen molar-refractivity contribution in [2.45, 2.75) is 67.0 Å². The Hall–Kier alpha value is -5.12. The molecule has 4 aromatic rings. The third kappa shape index (κ3) is 9.93. The maximum Gasteiger partial charge on any atom is 0.182 e. The number of pyridine rings is 2. The van der Waals surface area contributed by atoms with Crippen LogP contribution in [0.2, 0.25) is 0 Å². The second kappa shape index (κ2) is 17.0. The first kappa shape index (κ1) is 36.3. The highest BCUT2D eigenvalue weighted by Crippen LogP contribution is 2.29. The molecule has 0 aliphatic rings. The van der Waals surface area contributed by atoms with Gasteiger partial charge in [-0.25, -0.2) is 0 Å². The number of aromatic nitrogens is 2. The fourth-order valence-corrected chi connectivity index (χ4v) is 5.10. The third-order valence-electron chi connectivity index (χ3n) is 7.70. The van der Waals surface area contributed by atoms with Crippen LogP contribution in [0.1, 0.15) is 69.7 Å². The summed E-state index contributed by atoms with van der Waals surface area (Å²) >= 11 is 0. The van der Waals surface area contributed by atoms with Gasteiger partial charge in [-0.3, -0.25) is 19.2 Å². The average molecular weight is 645 g/mol. The zero-order valence-electron chi connectivity index (χ0n) is 28.2. The third-order valence-corrected chi connectivity index (χ3v) is 7.70. The summed E-state index contributed by atoms with van der Waals surface area (Å²) in [7, 11) is 3.03. The first-order valence-corrected chi connectivity index (χ1v) is 15.5. The lowest BCUT2D eigenvalue weighted by atomic mass is 10.1. The Morgan fingerprint density at radius 2 is 1.09 bits per heavy atom. The van der Waals surface area contributed by atoms with Gasteiger partial charge in [0.25, 0.3) is 0 Å². The Labute approximate surface area is 275 Å². The molecule has 10 nitrogen and oxygen atoms in total. The lowest BCUT2D eigenvalue weighted by Crippen LogP contribution is -2.18. The van der Waals surface area contributed by atoms with Gasteiger partial charge in [0.15, 0.2) is 45.4 Å². The number of aromatic hydroxyl groups is 1. The van der Waals surface area contributed by atoms with E-state index in [1.165, 1.54) is 37.4 Å². The molecule has 0 bridgehead atoms. The molecule has 0 spiro atoms. The van der Waals surface area contributed by atoms with Crippen molar-refractivity contribution in [3.8, 4) is 23.0 Å². The van der Waals surface area contributed by atoms with Gasteiger partial charge in [0.05, 0.1) is 33.9 Å². The van der Waals surface area contributed by atoms with Crippen LogP contribution in [0, 0.1) is 27.7 Å². The first-order chi connectivity index (χ1) is 22.4. The molecule has 0 saturated carbocycles. The minimum atomic E-state index is -0.150. The molecular weight excluding hydrogens is 600 g/mol. The maximum atomic E-state index is 12.7. The normalized spacial score (nSPS) is 10.5. The summed E-state index contributed by atoms with van der Waals surface area (Å²) < 4.78 is 19.7. The number of hydrogen-bond acceptors (Lipinski definition) is 8. The van der Waals surface area contributed by atoms with Gasteiger partial charge in [-0.05, 0) is 70.5 Å². The minimum Gasteiger partial charge on any atom is -0.504 e. The second-order valence-corrected chi connectivity index (χ2v) is 11.3. The van der Waals surface area contributed by atoms with Crippen molar-refractivity contribution in [3.05, 3.63) is 115 Å². The summed E-state index contributed by atoms with van der Waals surface area (Å²) in [4.78, 5) is 48.0. The van der Waals surface area contributed by atoms with Crippen LogP contribution in [0.3, 0.4) is 0 Å². The molecule has 1 N–H and O–H groups in total. The van der Waals surface area contributed by atoms with E-state index in [2.05, 4.69) is 6.92 Å². The summed E-state index contributed by atoms with van der Waals surface area (Å²) in [5.41, 5.74) is 3.84. The molecule has 250 valence electrons. The highest BCUT2D eigenvalue weighted by atomic mass is 16.5. The lowest BCUT2D eigenvalue weighted by Gasteiger charge is -2.15. The molecule has 0 aliphatic heterocycles. The highest BCUT2D eigenvalue weighted by Gasteiger charge is 2.15. The number of phenolic OH excluding ortho intramolecular Hbond substituents is 1. The molecule has 2 aromatic heterocycles. The Bertz CT molecular complexity index is 1790. The van der Waals surface area contributed by atoms with Crippen LogP contribution in [0.5, 0.6) is 23.0 Å². The molecular formula is C37H44N2O8. The number of carbonyl (C=O) groups is 2. The van der Waals surface area contributed by atoms with Gasteiger partial charge in [-0.15, -0.1) is 0 Å². The molecule has 0 atom stereocenters. The molecule has 4 rings (SSSR count). The standard InChI is InChI=1S/C21H27NO4.C16H17NO4/c1-5-6-7-10-26-21-13-17(8-9-20(21)25-4)19(24)14-22-15(2)11-18(23)12-16(22)3;1-10-6-13(18)7-11(2)17(10)9-15(20)12-4-5-16(21-3)14(19)8-12/h8-9,11-13H,5-7,10,14H2,1-4H3;4-8,19H,9H2,1-3H3. The zero-order chi connectivity index (χ0) is 34.7. The molecule has 0 saturated heterocycles. The number of nitrogens with zero attached hydrogens (tertiary/aromatic N) is 2. The summed E-state index contributed by atoms with van der Waals surface area (Å²) in [6, 6.07) is 15.8. The number of unbranched alkanes of at least 4 members (excludes halogenated alkanes) is 2. The molecule has 0 radical (unpaired) electrons. The van der Waals surface area contributed by atoms with Gasteiger partial charge in [0.2, 0.25) is 0 Å². The van der Waals surface area contributed by atoms with E-state index < -0.39 is 0 Å². The molecule has 0 fully saturated rings. The van der Waals surface area contributed by atoms with E-state index in [1.807, 2.05) is 18.4 Å². The smallest absolute Gasteiger partial charge is 0.182 e. The summed E-state index contributed by atoms with van der Waals surface area (Å²) in [5.74, 6) is 1.26. The number of ketones is 2. The van der Waals surface area contributed by atoms with Crippen LogP contribution >= 0.6 is 0 Å². The number of ether oxygens (including phenoxy) is 3. The molecule has 0 amide bonds. The van der Waals surface area contributed by atoms with Crippen molar-refractivity contribution in [1.29, 1.82) is 0 Å².